The molecule has 1 aliphatic heterocycles. The van der Waals surface area contributed by atoms with Crippen LogP contribution in [0.4, 0.5) is 23.4 Å². The molecule has 1 atom stereocenters. The molecule has 24 heavy (non-hydrogen) atoms. The number of sulfonamides is 1. The van der Waals surface area contributed by atoms with Crippen molar-refractivity contribution in [2.24, 2.45) is 0 Å². The maximum Gasteiger partial charge on any atom is 0.433 e. The molecule has 0 radical (unpaired) electrons. The molecule has 0 aromatic carbocycles. The Hall–Kier alpha value is -2.01. The molecule has 0 aliphatic carbocycles. The van der Waals surface area contributed by atoms with E-state index in [-0.39, 0.29) is 13.0 Å². The highest BCUT2D eigenvalue weighted by molar-refractivity contribution is 7.94. The van der Waals surface area contributed by atoms with Crippen molar-refractivity contribution in [3.63, 3.8) is 0 Å². The van der Waals surface area contributed by atoms with Crippen molar-refractivity contribution in [2.75, 3.05) is 18.4 Å². The van der Waals surface area contributed by atoms with Gasteiger partial charge in [-0.2, -0.15) is 17.5 Å². The lowest BCUT2D eigenvalue weighted by atomic mass is 10.3. The van der Waals surface area contributed by atoms with Gasteiger partial charge in [-0.1, -0.05) is 12.6 Å². The largest absolute Gasteiger partial charge is 0.433 e. The first kappa shape index (κ1) is 18.3. The number of anilines is 1. The summed E-state index contributed by atoms with van der Waals surface area (Å²) in [5.74, 6) is -1.71. The Kier molecular flexibility index (Phi) is 4.95. The van der Waals surface area contributed by atoms with Crippen LogP contribution in [0.25, 0.3) is 0 Å². The van der Waals surface area contributed by atoms with E-state index in [9.17, 15) is 30.8 Å². The second-order valence-corrected chi connectivity index (χ2v) is 6.99. The number of carbonyl (C=O) groups is 1. The fraction of sp³-hybridized carbons (Fsp3) is 0.385. The molecule has 0 unspecified atom stereocenters. The molecule has 1 aromatic heterocycles. The molecule has 1 aromatic rings. The van der Waals surface area contributed by atoms with Crippen molar-refractivity contribution in [3.8, 4) is 0 Å². The molecular formula is C13H13F4N3O3S. The van der Waals surface area contributed by atoms with Crippen LogP contribution in [0.15, 0.2) is 29.7 Å². The van der Waals surface area contributed by atoms with Gasteiger partial charge in [-0.05, 0) is 18.6 Å². The Balaban J connectivity index is 2.14. The summed E-state index contributed by atoms with van der Waals surface area (Å²) in [5, 5.41) is 1.95. The van der Waals surface area contributed by atoms with Crippen LogP contribution in [0.3, 0.4) is 0 Å². The first-order chi connectivity index (χ1) is 11.0. The van der Waals surface area contributed by atoms with Crippen LogP contribution in [0, 0.1) is 0 Å². The van der Waals surface area contributed by atoms with Crippen molar-refractivity contribution in [2.45, 2.75) is 18.8 Å². The van der Waals surface area contributed by atoms with Gasteiger partial charge in [0, 0.05) is 13.1 Å². The van der Waals surface area contributed by atoms with Gasteiger partial charge in [-0.3, -0.25) is 4.79 Å². The van der Waals surface area contributed by atoms with E-state index >= 15 is 0 Å². The number of aromatic nitrogens is 1. The third kappa shape index (κ3) is 3.90. The minimum atomic E-state index is -4.71. The molecule has 11 heteroatoms. The van der Waals surface area contributed by atoms with E-state index in [1.807, 2.05) is 5.32 Å². The summed E-state index contributed by atoms with van der Waals surface area (Å²) >= 11 is 0. The highest BCUT2D eigenvalue weighted by Gasteiger charge is 2.36. The quantitative estimate of drug-likeness (QED) is 0.651. The molecule has 6 nitrogen and oxygen atoms in total. The van der Waals surface area contributed by atoms with Crippen LogP contribution in [0.1, 0.15) is 12.1 Å². The zero-order chi connectivity index (χ0) is 18.1. The lowest BCUT2D eigenvalue weighted by Crippen LogP contribution is -2.34. The van der Waals surface area contributed by atoms with Crippen molar-refractivity contribution in [1.29, 1.82) is 0 Å². The summed E-state index contributed by atoms with van der Waals surface area (Å²) < 4.78 is 75.8. The van der Waals surface area contributed by atoms with Crippen LogP contribution in [-0.2, 0) is 21.0 Å². The maximum absolute atomic E-state index is 13.1. The molecule has 1 aliphatic rings. The minimum absolute atomic E-state index is 0.00329. The standard InChI is InChI=1S/C13H13F4N3O3S/c1-8(24(22,23)20-6-5-9(14)7-20)12(21)19-11-4-2-3-10(18-11)13(15,16)17/h2-4,9H,1,5-7H2,(H,18,19,21)/t9-/m1/s1. The number of pyridine rings is 1. The van der Waals surface area contributed by atoms with Crippen LogP contribution in [-0.4, -0.2) is 42.9 Å². The van der Waals surface area contributed by atoms with Gasteiger partial charge in [-0.15, -0.1) is 0 Å². The number of halogens is 4. The van der Waals surface area contributed by atoms with Crippen molar-refractivity contribution in [1.82, 2.24) is 9.29 Å². The highest BCUT2D eigenvalue weighted by Crippen LogP contribution is 2.28. The van der Waals surface area contributed by atoms with Gasteiger partial charge in [-0.25, -0.2) is 17.8 Å². The van der Waals surface area contributed by atoms with Crippen LogP contribution >= 0.6 is 0 Å². The van der Waals surface area contributed by atoms with Crippen molar-refractivity contribution in [3.05, 3.63) is 35.4 Å². The molecule has 2 heterocycles. The molecule has 0 bridgehead atoms. The average Bonchev–Trinajstić information content (AvgIpc) is 2.93. The average molecular weight is 367 g/mol. The fourth-order valence-electron chi connectivity index (χ4n) is 2.03. The molecule has 2 rings (SSSR count). The lowest BCUT2D eigenvalue weighted by Gasteiger charge is -2.16. The number of carbonyl (C=O) groups excluding carboxylic acids is 1. The second-order valence-electron chi connectivity index (χ2n) is 5.03. The summed E-state index contributed by atoms with van der Waals surface area (Å²) in [4.78, 5) is 14.2. The Labute approximate surface area is 135 Å². The predicted octanol–water partition coefficient (Wildman–Crippen LogP) is 1.93. The number of nitrogens with one attached hydrogen (secondary N) is 1. The normalized spacial score (nSPS) is 19.2. The Morgan fingerprint density at radius 1 is 1.38 bits per heavy atom. The maximum atomic E-state index is 13.1. The lowest BCUT2D eigenvalue weighted by molar-refractivity contribution is -0.141. The van der Waals surface area contributed by atoms with Crippen LogP contribution in [0.2, 0.25) is 0 Å². The first-order valence-corrected chi connectivity index (χ1v) is 8.14. The summed E-state index contributed by atoms with van der Waals surface area (Å²) in [5.41, 5.74) is -1.24. The van der Waals surface area contributed by atoms with E-state index in [4.69, 9.17) is 0 Å². The summed E-state index contributed by atoms with van der Waals surface area (Å²) in [6.07, 6.45) is -6.04. The summed E-state index contributed by atoms with van der Waals surface area (Å²) in [7, 11) is -4.29. The van der Waals surface area contributed by atoms with Gasteiger partial charge < -0.3 is 5.32 Å². The van der Waals surface area contributed by atoms with E-state index < -0.39 is 51.2 Å². The first-order valence-electron chi connectivity index (χ1n) is 6.70. The van der Waals surface area contributed by atoms with Crippen LogP contribution in [0.5, 0.6) is 0 Å². The van der Waals surface area contributed by atoms with Gasteiger partial charge in [0.15, 0.2) is 0 Å². The molecule has 0 spiro atoms. The Morgan fingerprint density at radius 2 is 2.04 bits per heavy atom. The molecule has 1 N–H and O–H groups in total. The number of amides is 1. The van der Waals surface area contributed by atoms with E-state index in [2.05, 4.69) is 11.6 Å². The smallest absolute Gasteiger partial charge is 0.306 e. The zero-order valence-corrected chi connectivity index (χ0v) is 13.0. The number of alkyl halides is 4. The van der Waals surface area contributed by atoms with E-state index in [0.29, 0.717) is 6.07 Å². The van der Waals surface area contributed by atoms with E-state index in [1.165, 1.54) is 0 Å². The van der Waals surface area contributed by atoms with Gasteiger partial charge in [0.2, 0.25) is 10.0 Å². The van der Waals surface area contributed by atoms with E-state index in [1.54, 1.807) is 0 Å². The topological polar surface area (TPSA) is 79.4 Å². The molecule has 1 fully saturated rings. The third-order valence-electron chi connectivity index (χ3n) is 3.28. The van der Waals surface area contributed by atoms with Crippen LogP contribution < -0.4 is 5.32 Å². The van der Waals surface area contributed by atoms with Gasteiger partial charge in [0.1, 0.15) is 22.6 Å². The Bertz CT molecular complexity index is 764. The molecule has 132 valence electrons. The van der Waals surface area contributed by atoms with Gasteiger partial charge in [0.25, 0.3) is 5.91 Å². The molecular weight excluding hydrogens is 354 g/mol. The molecule has 0 saturated carbocycles. The summed E-state index contributed by atoms with van der Waals surface area (Å²) in [6.45, 7) is 2.66. The van der Waals surface area contributed by atoms with Crippen molar-refractivity contribution < 1.29 is 30.8 Å². The number of hydrogen-bond acceptors (Lipinski definition) is 4. The monoisotopic (exact) mass is 367 g/mol. The molecule has 1 amide bonds. The number of hydrogen-bond donors (Lipinski definition) is 1. The fourth-order valence-corrected chi connectivity index (χ4v) is 3.33. The van der Waals surface area contributed by atoms with Gasteiger partial charge >= 0.3 is 6.18 Å². The van der Waals surface area contributed by atoms with Crippen molar-refractivity contribution >= 4 is 21.7 Å². The second kappa shape index (κ2) is 6.48. The molecule has 1 saturated heterocycles. The summed E-state index contributed by atoms with van der Waals surface area (Å²) in [6, 6.07) is 2.78. The predicted molar refractivity (Wildman–Crippen MR) is 77.0 cm³/mol. The van der Waals surface area contributed by atoms with Gasteiger partial charge in [0.05, 0.1) is 0 Å². The SMILES string of the molecule is C=C(C(=O)Nc1cccc(C(F)(F)F)n1)S(=O)(=O)N1CC[C@@H](F)C1. The zero-order valence-electron chi connectivity index (χ0n) is 12.2. The minimum Gasteiger partial charge on any atom is -0.306 e. The number of nitrogens with zero attached hydrogens (tertiary/aromatic N) is 2. The third-order valence-corrected chi connectivity index (χ3v) is 5.10. The van der Waals surface area contributed by atoms with E-state index in [0.717, 1.165) is 16.4 Å². The number of rotatable bonds is 4. The Morgan fingerprint density at radius 3 is 2.58 bits per heavy atom. The highest BCUT2D eigenvalue weighted by atomic mass is 32.2.